The van der Waals surface area contributed by atoms with Crippen molar-refractivity contribution in [2.24, 2.45) is 5.92 Å². The first-order valence-corrected chi connectivity index (χ1v) is 8.02. The van der Waals surface area contributed by atoms with Crippen molar-refractivity contribution < 1.29 is 14.3 Å². The standard InChI is InChI=1S/C15H27N3O3/c1-15(2,3)21-14(19)18-11-10-5-7-20-13(10)12(11)17-9-4-6-16-8-9/h9-13,16-17H,4-8H2,1-3H3,(H,18,19). The maximum atomic E-state index is 12.0. The van der Waals surface area contributed by atoms with Gasteiger partial charge in [0.2, 0.25) is 0 Å². The average Bonchev–Trinajstić information content (AvgIpc) is 3.01. The van der Waals surface area contributed by atoms with E-state index in [2.05, 4.69) is 16.0 Å². The summed E-state index contributed by atoms with van der Waals surface area (Å²) in [7, 11) is 0. The van der Waals surface area contributed by atoms with Crippen molar-refractivity contribution in [1.29, 1.82) is 0 Å². The zero-order valence-corrected chi connectivity index (χ0v) is 13.1. The summed E-state index contributed by atoms with van der Waals surface area (Å²) in [6.45, 7) is 8.50. The van der Waals surface area contributed by atoms with Crippen LogP contribution in [0.5, 0.6) is 0 Å². The van der Waals surface area contributed by atoms with Crippen LogP contribution in [0.4, 0.5) is 4.79 Å². The van der Waals surface area contributed by atoms with Crippen LogP contribution >= 0.6 is 0 Å². The lowest BCUT2D eigenvalue weighted by atomic mass is 9.71. The smallest absolute Gasteiger partial charge is 0.407 e. The quantitative estimate of drug-likeness (QED) is 0.712. The number of amides is 1. The topological polar surface area (TPSA) is 71.6 Å². The van der Waals surface area contributed by atoms with Crippen molar-refractivity contribution in [3.63, 3.8) is 0 Å². The lowest BCUT2D eigenvalue weighted by molar-refractivity contribution is -0.0369. The molecule has 5 unspecified atom stereocenters. The summed E-state index contributed by atoms with van der Waals surface area (Å²) in [5.41, 5.74) is -0.461. The van der Waals surface area contributed by atoms with Gasteiger partial charge in [-0.25, -0.2) is 4.79 Å². The molecule has 0 spiro atoms. The van der Waals surface area contributed by atoms with Crippen LogP contribution in [0.2, 0.25) is 0 Å². The van der Waals surface area contributed by atoms with Gasteiger partial charge in [-0.15, -0.1) is 0 Å². The van der Waals surface area contributed by atoms with E-state index in [1.807, 2.05) is 20.8 Å². The number of fused-ring (bicyclic) bond motifs is 1. The fraction of sp³-hybridized carbons (Fsp3) is 0.933. The Hall–Kier alpha value is -0.850. The summed E-state index contributed by atoms with van der Waals surface area (Å²) in [5.74, 6) is 0.421. The van der Waals surface area contributed by atoms with Crippen LogP contribution in [0.3, 0.4) is 0 Å². The monoisotopic (exact) mass is 297 g/mol. The molecule has 6 heteroatoms. The van der Waals surface area contributed by atoms with E-state index in [0.717, 1.165) is 32.5 Å². The molecule has 21 heavy (non-hydrogen) atoms. The Bertz CT molecular complexity index is 390. The second-order valence-electron chi connectivity index (χ2n) is 7.34. The molecule has 3 fully saturated rings. The summed E-state index contributed by atoms with van der Waals surface area (Å²) in [6, 6.07) is 0.797. The molecular formula is C15H27N3O3. The first-order chi connectivity index (χ1) is 9.94. The molecule has 5 atom stereocenters. The highest BCUT2D eigenvalue weighted by Gasteiger charge is 2.55. The van der Waals surface area contributed by atoms with Gasteiger partial charge >= 0.3 is 6.09 Å². The maximum absolute atomic E-state index is 12.0. The second kappa shape index (κ2) is 5.74. The molecule has 2 aliphatic heterocycles. The fourth-order valence-corrected chi connectivity index (χ4v) is 3.62. The largest absolute Gasteiger partial charge is 0.444 e. The van der Waals surface area contributed by atoms with Crippen molar-refractivity contribution in [3.8, 4) is 0 Å². The summed E-state index contributed by atoms with van der Waals surface area (Å²) in [5, 5.41) is 10.0. The molecule has 3 aliphatic rings. The Labute approximate surface area is 126 Å². The van der Waals surface area contributed by atoms with E-state index >= 15 is 0 Å². The molecule has 2 heterocycles. The van der Waals surface area contributed by atoms with Crippen molar-refractivity contribution in [1.82, 2.24) is 16.0 Å². The third-order valence-corrected chi connectivity index (χ3v) is 4.56. The molecule has 1 saturated carbocycles. The van der Waals surface area contributed by atoms with Crippen LogP contribution in [-0.2, 0) is 9.47 Å². The zero-order chi connectivity index (χ0) is 15.0. The summed E-state index contributed by atoms with van der Waals surface area (Å²) in [4.78, 5) is 12.0. The number of hydrogen-bond acceptors (Lipinski definition) is 5. The molecule has 0 aromatic carbocycles. The fourth-order valence-electron chi connectivity index (χ4n) is 3.62. The van der Waals surface area contributed by atoms with E-state index in [-0.39, 0.29) is 24.3 Å². The van der Waals surface area contributed by atoms with E-state index in [4.69, 9.17) is 9.47 Å². The van der Waals surface area contributed by atoms with E-state index in [1.54, 1.807) is 0 Å². The van der Waals surface area contributed by atoms with Crippen LogP contribution < -0.4 is 16.0 Å². The van der Waals surface area contributed by atoms with Gasteiger partial charge in [-0.3, -0.25) is 0 Å². The molecule has 0 bridgehead atoms. The van der Waals surface area contributed by atoms with Crippen LogP contribution in [0, 0.1) is 5.92 Å². The van der Waals surface area contributed by atoms with Crippen molar-refractivity contribution in [3.05, 3.63) is 0 Å². The number of ether oxygens (including phenoxy) is 2. The lowest BCUT2D eigenvalue weighted by Crippen LogP contribution is -2.71. The van der Waals surface area contributed by atoms with E-state index in [1.165, 1.54) is 0 Å². The molecule has 1 amide bonds. The predicted octanol–water partition coefficient (Wildman–Crippen LogP) is 0.619. The Kier molecular flexibility index (Phi) is 4.12. The number of rotatable bonds is 3. The van der Waals surface area contributed by atoms with Crippen molar-refractivity contribution in [2.75, 3.05) is 19.7 Å². The molecule has 1 aliphatic carbocycles. The van der Waals surface area contributed by atoms with Crippen molar-refractivity contribution >= 4 is 6.09 Å². The van der Waals surface area contributed by atoms with E-state index in [0.29, 0.717) is 12.0 Å². The highest BCUT2D eigenvalue weighted by Crippen LogP contribution is 2.39. The van der Waals surface area contributed by atoms with Gasteiger partial charge in [0.25, 0.3) is 0 Å². The summed E-state index contributed by atoms with van der Waals surface area (Å²) in [6.07, 6.45) is 2.07. The molecule has 120 valence electrons. The SMILES string of the molecule is CC(C)(C)OC(=O)NC1C2CCOC2C1NC1CCNC1. The number of nitrogens with one attached hydrogen (secondary N) is 3. The number of alkyl carbamates (subject to hydrolysis) is 1. The van der Waals surface area contributed by atoms with Gasteiger partial charge in [-0.2, -0.15) is 0 Å². The lowest BCUT2D eigenvalue weighted by Gasteiger charge is -2.49. The van der Waals surface area contributed by atoms with E-state index in [9.17, 15) is 4.79 Å². The number of carbonyl (C=O) groups is 1. The third kappa shape index (κ3) is 3.33. The average molecular weight is 297 g/mol. The van der Waals surface area contributed by atoms with Gasteiger partial charge in [-0.1, -0.05) is 0 Å². The van der Waals surface area contributed by atoms with Crippen molar-refractivity contribution in [2.45, 2.75) is 63.4 Å². The highest BCUT2D eigenvalue weighted by molar-refractivity contribution is 5.68. The zero-order valence-electron chi connectivity index (χ0n) is 13.1. The number of carbonyl (C=O) groups excluding carboxylic acids is 1. The normalized spacial score (nSPS) is 38.7. The molecular weight excluding hydrogens is 270 g/mol. The van der Waals surface area contributed by atoms with Gasteiger partial charge in [-0.05, 0) is 40.2 Å². The maximum Gasteiger partial charge on any atom is 0.407 e. The molecule has 0 radical (unpaired) electrons. The molecule has 6 nitrogen and oxygen atoms in total. The van der Waals surface area contributed by atoms with E-state index < -0.39 is 5.60 Å². The minimum Gasteiger partial charge on any atom is -0.444 e. The van der Waals surface area contributed by atoms with Gasteiger partial charge in [0.15, 0.2) is 0 Å². The van der Waals surface area contributed by atoms with Crippen LogP contribution in [0.1, 0.15) is 33.6 Å². The minimum atomic E-state index is -0.461. The first kappa shape index (κ1) is 15.1. The number of hydrogen-bond donors (Lipinski definition) is 3. The molecule has 0 aromatic rings. The van der Waals surface area contributed by atoms with Gasteiger partial charge < -0.3 is 25.4 Å². The molecule has 0 aromatic heterocycles. The molecule has 2 saturated heterocycles. The van der Waals surface area contributed by atoms with Crippen LogP contribution in [-0.4, -0.2) is 55.6 Å². The Morgan fingerprint density at radius 3 is 2.76 bits per heavy atom. The predicted molar refractivity (Wildman–Crippen MR) is 79.2 cm³/mol. The molecule has 3 N–H and O–H groups in total. The Balaban J connectivity index is 1.57. The van der Waals surface area contributed by atoms with Crippen LogP contribution in [0.15, 0.2) is 0 Å². The third-order valence-electron chi connectivity index (χ3n) is 4.56. The molecule has 3 rings (SSSR count). The minimum absolute atomic E-state index is 0.118. The summed E-state index contributed by atoms with van der Waals surface area (Å²) < 4.78 is 11.2. The Morgan fingerprint density at radius 1 is 1.29 bits per heavy atom. The van der Waals surface area contributed by atoms with Gasteiger partial charge in [0.05, 0.1) is 18.2 Å². The Morgan fingerprint density at radius 2 is 2.10 bits per heavy atom. The summed E-state index contributed by atoms with van der Waals surface area (Å²) >= 11 is 0. The van der Waals surface area contributed by atoms with Gasteiger partial charge in [0, 0.05) is 25.1 Å². The first-order valence-electron chi connectivity index (χ1n) is 8.02. The second-order valence-corrected chi connectivity index (χ2v) is 7.34. The highest BCUT2D eigenvalue weighted by atomic mass is 16.6. The van der Waals surface area contributed by atoms with Crippen LogP contribution in [0.25, 0.3) is 0 Å². The van der Waals surface area contributed by atoms with Gasteiger partial charge in [0.1, 0.15) is 5.60 Å².